The molecule has 0 unspecified atom stereocenters. The molecule has 0 aliphatic carbocycles. The third-order valence-electron chi connectivity index (χ3n) is 2.79. The van der Waals surface area contributed by atoms with E-state index in [1.807, 2.05) is 49.6 Å². The summed E-state index contributed by atoms with van der Waals surface area (Å²) in [5.41, 5.74) is 8.71. The van der Waals surface area contributed by atoms with Gasteiger partial charge in [-0.3, -0.25) is 4.98 Å². The molecule has 0 amide bonds. The van der Waals surface area contributed by atoms with E-state index in [1.165, 1.54) is 5.56 Å². The maximum atomic E-state index is 5.86. The van der Waals surface area contributed by atoms with Crippen molar-refractivity contribution in [3.05, 3.63) is 58.9 Å². The standard InChI is InChI=1S/C14H16ClN3/c1-18(10-11-2-4-12(15)5-3-11)14-7-6-13(8-16)17-9-14/h2-7,9H,8,10,16H2,1H3. The van der Waals surface area contributed by atoms with Crippen LogP contribution in [0.25, 0.3) is 0 Å². The summed E-state index contributed by atoms with van der Waals surface area (Å²) in [5.74, 6) is 0. The normalized spacial score (nSPS) is 10.4. The molecular weight excluding hydrogens is 246 g/mol. The van der Waals surface area contributed by atoms with Crippen molar-refractivity contribution in [2.45, 2.75) is 13.1 Å². The lowest BCUT2D eigenvalue weighted by Crippen LogP contribution is -2.16. The average molecular weight is 262 g/mol. The maximum Gasteiger partial charge on any atom is 0.0553 e. The minimum absolute atomic E-state index is 0.473. The molecular formula is C14H16ClN3. The van der Waals surface area contributed by atoms with E-state index in [0.29, 0.717) is 6.54 Å². The number of hydrogen-bond donors (Lipinski definition) is 1. The van der Waals surface area contributed by atoms with Crippen LogP contribution in [0.2, 0.25) is 5.02 Å². The van der Waals surface area contributed by atoms with E-state index in [-0.39, 0.29) is 0 Å². The number of halogens is 1. The number of rotatable bonds is 4. The number of nitrogens with zero attached hydrogens (tertiary/aromatic N) is 2. The molecule has 1 aromatic carbocycles. The van der Waals surface area contributed by atoms with Crippen LogP contribution in [0.4, 0.5) is 5.69 Å². The van der Waals surface area contributed by atoms with E-state index < -0.39 is 0 Å². The van der Waals surface area contributed by atoms with Gasteiger partial charge in [-0.1, -0.05) is 23.7 Å². The van der Waals surface area contributed by atoms with Gasteiger partial charge in [0, 0.05) is 25.2 Å². The molecule has 0 fully saturated rings. The monoisotopic (exact) mass is 261 g/mol. The largest absolute Gasteiger partial charge is 0.369 e. The van der Waals surface area contributed by atoms with E-state index in [0.717, 1.165) is 22.9 Å². The molecule has 2 N–H and O–H groups in total. The Balaban J connectivity index is 2.06. The Morgan fingerprint density at radius 3 is 2.44 bits per heavy atom. The molecule has 0 bridgehead atoms. The quantitative estimate of drug-likeness (QED) is 0.920. The van der Waals surface area contributed by atoms with E-state index in [9.17, 15) is 0 Å². The number of pyridine rings is 1. The summed E-state index contributed by atoms with van der Waals surface area (Å²) in [6.07, 6.45) is 1.85. The van der Waals surface area contributed by atoms with Crippen molar-refractivity contribution in [3.63, 3.8) is 0 Å². The van der Waals surface area contributed by atoms with Crippen LogP contribution in [0, 0.1) is 0 Å². The topological polar surface area (TPSA) is 42.1 Å². The van der Waals surface area contributed by atoms with E-state index >= 15 is 0 Å². The predicted octanol–water partition coefficient (Wildman–Crippen LogP) is 2.83. The Kier molecular flexibility index (Phi) is 4.18. The Labute approximate surface area is 112 Å². The summed E-state index contributed by atoms with van der Waals surface area (Å²) in [6.45, 7) is 1.29. The van der Waals surface area contributed by atoms with Gasteiger partial charge in [-0.05, 0) is 29.8 Å². The summed E-state index contributed by atoms with van der Waals surface area (Å²) >= 11 is 5.86. The van der Waals surface area contributed by atoms with Gasteiger partial charge in [0.1, 0.15) is 0 Å². The van der Waals surface area contributed by atoms with Crippen molar-refractivity contribution in [1.82, 2.24) is 4.98 Å². The first-order chi connectivity index (χ1) is 8.69. The van der Waals surface area contributed by atoms with Crippen molar-refractivity contribution in [1.29, 1.82) is 0 Å². The van der Waals surface area contributed by atoms with Gasteiger partial charge in [-0.15, -0.1) is 0 Å². The summed E-state index contributed by atoms with van der Waals surface area (Å²) in [7, 11) is 2.04. The molecule has 0 aliphatic rings. The zero-order valence-corrected chi connectivity index (χ0v) is 11.1. The van der Waals surface area contributed by atoms with Crippen LogP contribution in [-0.2, 0) is 13.1 Å². The molecule has 2 aromatic rings. The summed E-state index contributed by atoms with van der Waals surface area (Å²) in [4.78, 5) is 6.42. The van der Waals surface area contributed by atoms with Crippen LogP contribution < -0.4 is 10.6 Å². The van der Waals surface area contributed by atoms with E-state index in [1.54, 1.807) is 0 Å². The highest BCUT2D eigenvalue weighted by molar-refractivity contribution is 6.30. The van der Waals surface area contributed by atoms with Crippen LogP contribution >= 0.6 is 11.6 Å². The fourth-order valence-electron chi connectivity index (χ4n) is 1.72. The molecule has 0 spiro atoms. The maximum absolute atomic E-state index is 5.86. The second kappa shape index (κ2) is 5.85. The molecule has 94 valence electrons. The molecule has 0 radical (unpaired) electrons. The van der Waals surface area contributed by atoms with Crippen LogP contribution in [0.1, 0.15) is 11.3 Å². The van der Waals surface area contributed by atoms with Gasteiger partial charge in [0.2, 0.25) is 0 Å². The van der Waals surface area contributed by atoms with Crippen LogP contribution in [0.3, 0.4) is 0 Å². The van der Waals surface area contributed by atoms with Gasteiger partial charge in [0.15, 0.2) is 0 Å². The number of benzene rings is 1. The lowest BCUT2D eigenvalue weighted by molar-refractivity contribution is 0.908. The van der Waals surface area contributed by atoms with Crippen LogP contribution in [0.15, 0.2) is 42.6 Å². The lowest BCUT2D eigenvalue weighted by atomic mass is 10.2. The van der Waals surface area contributed by atoms with Gasteiger partial charge < -0.3 is 10.6 Å². The molecule has 3 nitrogen and oxygen atoms in total. The molecule has 1 aromatic heterocycles. The highest BCUT2D eigenvalue weighted by Crippen LogP contribution is 2.16. The van der Waals surface area contributed by atoms with Crippen LogP contribution in [-0.4, -0.2) is 12.0 Å². The van der Waals surface area contributed by atoms with Crippen molar-refractivity contribution in [2.75, 3.05) is 11.9 Å². The van der Waals surface area contributed by atoms with E-state index in [4.69, 9.17) is 17.3 Å². The van der Waals surface area contributed by atoms with Gasteiger partial charge in [0.25, 0.3) is 0 Å². The first-order valence-electron chi connectivity index (χ1n) is 5.79. The summed E-state index contributed by atoms with van der Waals surface area (Å²) < 4.78 is 0. The second-order valence-electron chi connectivity index (χ2n) is 4.19. The molecule has 0 aliphatic heterocycles. The fourth-order valence-corrected chi connectivity index (χ4v) is 1.84. The van der Waals surface area contributed by atoms with Gasteiger partial charge >= 0.3 is 0 Å². The molecule has 0 atom stereocenters. The number of nitrogens with two attached hydrogens (primary N) is 1. The molecule has 1 heterocycles. The SMILES string of the molecule is CN(Cc1ccc(Cl)cc1)c1ccc(CN)nc1. The number of anilines is 1. The third kappa shape index (κ3) is 3.22. The number of hydrogen-bond acceptors (Lipinski definition) is 3. The molecule has 4 heteroatoms. The lowest BCUT2D eigenvalue weighted by Gasteiger charge is -2.19. The van der Waals surface area contributed by atoms with Crippen molar-refractivity contribution in [3.8, 4) is 0 Å². The van der Waals surface area contributed by atoms with Gasteiger partial charge in [-0.25, -0.2) is 0 Å². The summed E-state index contributed by atoms with van der Waals surface area (Å²) in [6, 6.07) is 11.8. The number of aromatic nitrogens is 1. The molecule has 0 saturated carbocycles. The second-order valence-corrected chi connectivity index (χ2v) is 4.63. The molecule has 2 rings (SSSR count). The first kappa shape index (κ1) is 12.9. The highest BCUT2D eigenvalue weighted by atomic mass is 35.5. The fraction of sp³-hybridized carbons (Fsp3) is 0.214. The molecule has 0 saturated heterocycles. The Morgan fingerprint density at radius 1 is 1.17 bits per heavy atom. The van der Waals surface area contributed by atoms with Crippen molar-refractivity contribution in [2.24, 2.45) is 5.73 Å². The van der Waals surface area contributed by atoms with Crippen LogP contribution in [0.5, 0.6) is 0 Å². The zero-order valence-electron chi connectivity index (χ0n) is 10.3. The minimum atomic E-state index is 0.473. The van der Waals surface area contributed by atoms with E-state index in [2.05, 4.69) is 9.88 Å². The predicted molar refractivity (Wildman–Crippen MR) is 75.7 cm³/mol. The highest BCUT2D eigenvalue weighted by Gasteiger charge is 2.03. The Morgan fingerprint density at radius 2 is 1.89 bits per heavy atom. The first-order valence-corrected chi connectivity index (χ1v) is 6.17. The smallest absolute Gasteiger partial charge is 0.0553 e. The molecule has 18 heavy (non-hydrogen) atoms. The van der Waals surface area contributed by atoms with Gasteiger partial charge in [-0.2, -0.15) is 0 Å². The summed E-state index contributed by atoms with van der Waals surface area (Å²) in [5, 5.41) is 0.760. The average Bonchev–Trinajstić information content (AvgIpc) is 2.41. The third-order valence-corrected chi connectivity index (χ3v) is 3.04. The van der Waals surface area contributed by atoms with Crippen molar-refractivity contribution < 1.29 is 0 Å². The van der Waals surface area contributed by atoms with Gasteiger partial charge in [0.05, 0.1) is 17.6 Å². The zero-order chi connectivity index (χ0) is 13.0. The minimum Gasteiger partial charge on any atom is -0.369 e. The Bertz CT molecular complexity index is 493. The van der Waals surface area contributed by atoms with Crippen molar-refractivity contribution >= 4 is 17.3 Å². The Hall–Kier alpha value is -1.58.